The summed E-state index contributed by atoms with van der Waals surface area (Å²) in [6.45, 7) is 7.00. The van der Waals surface area contributed by atoms with E-state index in [0.717, 1.165) is 28.1 Å². The second-order valence-corrected chi connectivity index (χ2v) is 4.00. The number of pyridine rings is 1. The average Bonchev–Trinajstić information content (AvgIpc) is 2.32. The lowest BCUT2D eigenvalue weighted by atomic mass is 10.1. The zero-order valence-corrected chi connectivity index (χ0v) is 11.0. The number of ether oxygens (including phenoxy) is 2. The Bertz CT molecular complexity index is 567. The van der Waals surface area contributed by atoms with Gasteiger partial charge in [-0.1, -0.05) is 0 Å². The van der Waals surface area contributed by atoms with Gasteiger partial charge in [0.2, 0.25) is 0 Å². The van der Waals surface area contributed by atoms with Crippen LogP contribution in [0.2, 0.25) is 0 Å². The number of nitrogens with zero attached hydrogens (tertiary/aromatic N) is 1. The first-order chi connectivity index (χ1) is 8.67. The second-order valence-electron chi connectivity index (χ2n) is 4.00. The SMILES string of the molecule is CCOc1ccc(OCC)c2c(N)cc(C)nc12. The van der Waals surface area contributed by atoms with Gasteiger partial charge in [0.15, 0.2) is 0 Å². The predicted octanol–water partition coefficient (Wildman–Crippen LogP) is 2.92. The highest BCUT2D eigenvalue weighted by molar-refractivity contribution is 5.99. The number of fused-ring (bicyclic) bond motifs is 1. The van der Waals surface area contributed by atoms with Gasteiger partial charge in [0.05, 0.1) is 18.6 Å². The molecule has 2 aromatic rings. The maximum absolute atomic E-state index is 6.08. The maximum Gasteiger partial charge on any atom is 0.145 e. The Labute approximate surface area is 107 Å². The molecule has 0 amide bonds. The van der Waals surface area contributed by atoms with E-state index in [2.05, 4.69) is 4.98 Å². The van der Waals surface area contributed by atoms with Gasteiger partial charge in [-0.15, -0.1) is 0 Å². The van der Waals surface area contributed by atoms with Crippen molar-refractivity contribution in [2.75, 3.05) is 18.9 Å². The maximum atomic E-state index is 6.08. The zero-order chi connectivity index (χ0) is 13.1. The van der Waals surface area contributed by atoms with Crippen molar-refractivity contribution in [3.63, 3.8) is 0 Å². The summed E-state index contributed by atoms with van der Waals surface area (Å²) in [7, 11) is 0. The Kier molecular flexibility index (Phi) is 3.55. The van der Waals surface area contributed by atoms with Gasteiger partial charge in [-0.2, -0.15) is 0 Å². The number of aromatic nitrogens is 1. The fourth-order valence-corrected chi connectivity index (χ4v) is 2.00. The monoisotopic (exact) mass is 246 g/mol. The van der Waals surface area contributed by atoms with E-state index in [0.29, 0.717) is 18.9 Å². The van der Waals surface area contributed by atoms with Crippen molar-refractivity contribution in [1.82, 2.24) is 4.98 Å². The lowest BCUT2D eigenvalue weighted by molar-refractivity contribution is 0.336. The van der Waals surface area contributed by atoms with E-state index in [4.69, 9.17) is 15.2 Å². The van der Waals surface area contributed by atoms with Crippen LogP contribution in [0.15, 0.2) is 18.2 Å². The second kappa shape index (κ2) is 5.12. The highest BCUT2D eigenvalue weighted by Crippen LogP contribution is 2.36. The first-order valence-corrected chi connectivity index (χ1v) is 6.12. The number of rotatable bonds is 4. The molecule has 0 aliphatic carbocycles. The molecular formula is C14H18N2O2. The summed E-state index contributed by atoms with van der Waals surface area (Å²) >= 11 is 0. The van der Waals surface area contributed by atoms with Crippen LogP contribution in [-0.2, 0) is 0 Å². The van der Waals surface area contributed by atoms with Crippen LogP contribution in [0.25, 0.3) is 10.9 Å². The smallest absolute Gasteiger partial charge is 0.145 e. The Hall–Kier alpha value is -1.97. The van der Waals surface area contributed by atoms with Crippen LogP contribution < -0.4 is 15.2 Å². The normalized spacial score (nSPS) is 10.6. The average molecular weight is 246 g/mol. The molecule has 4 heteroatoms. The first-order valence-electron chi connectivity index (χ1n) is 6.12. The molecule has 0 spiro atoms. The highest BCUT2D eigenvalue weighted by Gasteiger charge is 2.12. The lowest BCUT2D eigenvalue weighted by Gasteiger charge is -2.13. The Balaban J connectivity index is 2.73. The quantitative estimate of drug-likeness (QED) is 0.901. The summed E-state index contributed by atoms with van der Waals surface area (Å²) in [5.41, 5.74) is 8.38. The molecule has 0 atom stereocenters. The van der Waals surface area contributed by atoms with E-state index < -0.39 is 0 Å². The van der Waals surface area contributed by atoms with Gasteiger partial charge in [-0.3, -0.25) is 0 Å². The molecule has 1 aromatic heterocycles. The molecule has 0 radical (unpaired) electrons. The van der Waals surface area contributed by atoms with Crippen molar-refractivity contribution in [3.8, 4) is 11.5 Å². The standard InChI is InChI=1S/C14H18N2O2/c1-4-17-11-6-7-12(18-5-2)14-13(11)10(15)8-9(3)16-14/h6-8H,4-5H2,1-3H3,(H2,15,16). The van der Waals surface area contributed by atoms with E-state index in [1.54, 1.807) is 0 Å². The summed E-state index contributed by atoms with van der Waals surface area (Å²) < 4.78 is 11.2. The number of hydrogen-bond donors (Lipinski definition) is 1. The fraction of sp³-hybridized carbons (Fsp3) is 0.357. The molecule has 1 aromatic carbocycles. The fourth-order valence-electron chi connectivity index (χ4n) is 2.00. The summed E-state index contributed by atoms with van der Waals surface area (Å²) in [6, 6.07) is 5.60. The van der Waals surface area contributed by atoms with Gasteiger partial charge >= 0.3 is 0 Å². The van der Waals surface area contributed by atoms with Crippen LogP contribution in [0.5, 0.6) is 11.5 Å². The molecule has 18 heavy (non-hydrogen) atoms. The third kappa shape index (κ3) is 2.18. The molecule has 96 valence electrons. The van der Waals surface area contributed by atoms with Crippen LogP contribution >= 0.6 is 0 Å². The van der Waals surface area contributed by atoms with Crippen molar-refractivity contribution in [3.05, 3.63) is 23.9 Å². The van der Waals surface area contributed by atoms with Gasteiger partial charge in [0.1, 0.15) is 17.0 Å². The molecule has 1 heterocycles. The van der Waals surface area contributed by atoms with E-state index in [-0.39, 0.29) is 0 Å². The van der Waals surface area contributed by atoms with Crippen molar-refractivity contribution >= 4 is 16.6 Å². The van der Waals surface area contributed by atoms with Gasteiger partial charge in [-0.25, -0.2) is 4.98 Å². The van der Waals surface area contributed by atoms with Gasteiger partial charge in [-0.05, 0) is 39.0 Å². The number of hydrogen-bond acceptors (Lipinski definition) is 4. The Morgan fingerprint density at radius 2 is 1.72 bits per heavy atom. The molecule has 0 saturated carbocycles. The van der Waals surface area contributed by atoms with Crippen molar-refractivity contribution in [1.29, 1.82) is 0 Å². The molecular weight excluding hydrogens is 228 g/mol. The summed E-state index contributed by atoms with van der Waals surface area (Å²) in [5, 5.41) is 0.827. The van der Waals surface area contributed by atoms with Crippen LogP contribution in [-0.4, -0.2) is 18.2 Å². The Morgan fingerprint density at radius 1 is 1.11 bits per heavy atom. The van der Waals surface area contributed by atoms with Crippen molar-refractivity contribution in [2.45, 2.75) is 20.8 Å². The van der Waals surface area contributed by atoms with Crippen LogP contribution in [0.4, 0.5) is 5.69 Å². The van der Waals surface area contributed by atoms with Gasteiger partial charge in [0.25, 0.3) is 0 Å². The topological polar surface area (TPSA) is 57.4 Å². The summed E-state index contributed by atoms with van der Waals surface area (Å²) in [6.07, 6.45) is 0. The number of nitrogens with two attached hydrogens (primary N) is 1. The van der Waals surface area contributed by atoms with Crippen LogP contribution in [0.1, 0.15) is 19.5 Å². The molecule has 0 unspecified atom stereocenters. The lowest BCUT2D eigenvalue weighted by Crippen LogP contribution is -2.00. The van der Waals surface area contributed by atoms with E-state index in [1.165, 1.54) is 0 Å². The van der Waals surface area contributed by atoms with Crippen molar-refractivity contribution < 1.29 is 9.47 Å². The van der Waals surface area contributed by atoms with Gasteiger partial charge in [0, 0.05) is 11.4 Å². The minimum atomic E-state index is 0.594. The largest absolute Gasteiger partial charge is 0.493 e. The number of aryl methyl sites for hydroxylation is 1. The molecule has 2 rings (SSSR count). The molecule has 0 saturated heterocycles. The van der Waals surface area contributed by atoms with Crippen LogP contribution in [0.3, 0.4) is 0 Å². The number of benzene rings is 1. The van der Waals surface area contributed by atoms with E-state index in [9.17, 15) is 0 Å². The van der Waals surface area contributed by atoms with Gasteiger partial charge < -0.3 is 15.2 Å². The molecule has 0 fully saturated rings. The van der Waals surface area contributed by atoms with E-state index in [1.807, 2.05) is 39.0 Å². The highest BCUT2D eigenvalue weighted by atomic mass is 16.5. The third-order valence-corrected chi connectivity index (χ3v) is 2.64. The van der Waals surface area contributed by atoms with E-state index >= 15 is 0 Å². The number of anilines is 1. The minimum Gasteiger partial charge on any atom is -0.493 e. The third-order valence-electron chi connectivity index (χ3n) is 2.64. The van der Waals surface area contributed by atoms with Crippen molar-refractivity contribution in [2.24, 2.45) is 0 Å². The molecule has 0 aliphatic rings. The minimum absolute atomic E-state index is 0.594. The van der Waals surface area contributed by atoms with Crippen LogP contribution in [0, 0.1) is 6.92 Å². The number of nitrogen functional groups attached to an aromatic ring is 1. The molecule has 4 nitrogen and oxygen atoms in total. The molecule has 0 bridgehead atoms. The molecule has 0 aliphatic heterocycles. The summed E-state index contributed by atoms with van der Waals surface area (Å²) in [5.74, 6) is 1.49. The first kappa shape index (κ1) is 12.5. The Morgan fingerprint density at radius 3 is 2.39 bits per heavy atom. The zero-order valence-electron chi connectivity index (χ0n) is 11.0. The summed E-state index contributed by atoms with van der Waals surface area (Å²) in [4.78, 5) is 4.51. The molecule has 2 N–H and O–H groups in total. The predicted molar refractivity (Wildman–Crippen MR) is 73.2 cm³/mol.